The van der Waals surface area contributed by atoms with E-state index in [0.29, 0.717) is 0 Å². The van der Waals surface area contributed by atoms with Gasteiger partial charge in [-0.25, -0.2) is 0 Å². The van der Waals surface area contributed by atoms with Gasteiger partial charge in [0.2, 0.25) is 0 Å². The molecule has 0 spiro atoms. The molecule has 1 aromatic heterocycles. The fraction of sp³-hybridized carbons (Fsp3) is 0.500. The predicted molar refractivity (Wildman–Crippen MR) is 40.0 cm³/mol. The molecule has 0 aliphatic carbocycles. The van der Waals surface area contributed by atoms with Crippen molar-refractivity contribution in [3.8, 4) is 0 Å². The lowest BCUT2D eigenvalue weighted by atomic mass is 10.5. The van der Waals surface area contributed by atoms with Crippen molar-refractivity contribution in [2.24, 2.45) is 0 Å². The second-order valence-corrected chi connectivity index (χ2v) is 4.34. The molecule has 4 heteroatoms. The van der Waals surface area contributed by atoms with E-state index >= 15 is 0 Å². The van der Waals surface area contributed by atoms with Crippen molar-refractivity contribution in [2.75, 3.05) is 5.75 Å². The van der Waals surface area contributed by atoms with Crippen LogP contribution in [0.15, 0.2) is 9.72 Å². The first-order valence-electron chi connectivity index (χ1n) is 2.98. The average molecular weight is 238 g/mol. The van der Waals surface area contributed by atoms with Crippen LogP contribution in [0.4, 0.5) is 0 Å². The van der Waals surface area contributed by atoms with E-state index in [4.69, 9.17) is 0 Å². The van der Waals surface area contributed by atoms with E-state index in [-0.39, 0.29) is 17.0 Å². The van der Waals surface area contributed by atoms with E-state index in [9.17, 15) is 0 Å². The Hall–Kier alpha value is 0.460. The molecule has 10 heavy (non-hydrogen) atoms. The highest BCUT2D eigenvalue weighted by atomic mass is 79.9. The molecule has 1 aliphatic heterocycles. The van der Waals surface area contributed by atoms with Gasteiger partial charge in [-0.2, -0.15) is 4.57 Å². The van der Waals surface area contributed by atoms with Crippen molar-refractivity contribution < 1.29 is 21.5 Å². The van der Waals surface area contributed by atoms with E-state index < -0.39 is 0 Å². The largest absolute Gasteiger partial charge is 1.00 e. The molecule has 0 atom stereocenters. The molecular formula is C6H8BrNS2. The Balaban J connectivity index is 0.000000500. The lowest BCUT2D eigenvalue weighted by molar-refractivity contribution is -0.722. The molecule has 2 heterocycles. The Labute approximate surface area is 79.2 Å². The molecule has 0 fully saturated rings. The summed E-state index contributed by atoms with van der Waals surface area (Å²) in [5.74, 6) is 1.27. The summed E-state index contributed by atoms with van der Waals surface area (Å²) in [5, 5.41) is 2.22. The molecule has 1 aliphatic rings. The first kappa shape index (κ1) is 8.56. The summed E-state index contributed by atoms with van der Waals surface area (Å²) in [6.45, 7) is 3.39. The Kier molecular flexibility index (Phi) is 2.77. The highest BCUT2D eigenvalue weighted by molar-refractivity contribution is 8.01. The van der Waals surface area contributed by atoms with Crippen molar-refractivity contribution in [2.45, 2.75) is 17.8 Å². The summed E-state index contributed by atoms with van der Waals surface area (Å²) in [4.78, 5) is 0. The van der Waals surface area contributed by atoms with E-state index in [2.05, 4.69) is 16.9 Å². The van der Waals surface area contributed by atoms with Crippen LogP contribution in [0.2, 0.25) is 0 Å². The second-order valence-electron chi connectivity index (χ2n) is 2.14. The van der Waals surface area contributed by atoms with Crippen molar-refractivity contribution in [1.29, 1.82) is 0 Å². The van der Waals surface area contributed by atoms with Crippen LogP contribution in [0.3, 0.4) is 0 Å². The maximum absolute atomic E-state index is 2.38. The third-order valence-corrected chi connectivity index (χ3v) is 3.89. The van der Waals surface area contributed by atoms with Crippen molar-refractivity contribution in [3.05, 3.63) is 11.1 Å². The number of rotatable bonds is 0. The van der Waals surface area contributed by atoms with Crippen molar-refractivity contribution in [3.63, 3.8) is 0 Å². The summed E-state index contributed by atoms with van der Waals surface area (Å²) in [6, 6.07) is 0. The summed E-state index contributed by atoms with van der Waals surface area (Å²) < 4.78 is 3.86. The fourth-order valence-corrected chi connectivity index (χ4v) is 3.28. The van der Waals surface area contributed by atoms with Crippen LogP contribution in [-0.4, -0.2) is 5.75 Å². The molecule has 0 saturated heterocycles. The zero-order valence-corrected chi connectivity index (χ0v) is 8.85. The van der Waals surface area contributed by atoms with Gasteiger partial charge in [0.05, 0.1) is 11.1 Å². The maximum atomic E-state index is 2.38. The number of aromatic nitrogens is 1. The van der Waals surface area contributed by atoms with Gasteiger partial charge in [-0.3, -0.25) is 0 Å². The van der Waals surface area contributed by atoms with E-state index in [1.54, 1.807) is 0 Å². The summed E-state index contributed by atoms with van der Waals surface area (Å²) in [5.41, 5.74) is 1.42. The summed E-state index contributed by atoms with van der Waals surface area (Å²) in [7, 11) is 0. The molecular weight excluding hydrogens is 230 g/mol. The molecule has 56 valence electrons. The quantitative estimate of drug-likeness (QED) is 0.495. The summed E-state index contributed by atoms with van der Waals surface area (Å²) >= 11 is 3.83. The second kappa shape index (κ2) is 3.24. The van der Waals surface area contributed by atoms with Gasteiger partial charge in [-0.15, -0.1) is 0 Å². The highest BCUT2D eigenvalue weighted by Gasteiger charge is 2.23. The zero-order chi connectivity index (χ0) is 6.27. The van der Waals surface area contributed by atoms with Crippen LogP contribution in [-0.2, 0) is 6.54 Å². The molecule has 2 rings (SSSR count). The number of fused-ring (bicyclic) bond motifs is 1. The number of thioether (sulfide) groups is 1. The molecule has 0 unspecified atom stereocenters. The third-order valence-electron chi connectivity index (χ3n) is 1.52. The van der Waals surface area contributed by atoms with Crippen molar-refractivity contribution >= 4 is 23.1 Å². The van der Waals surface area contributed by atoms with Crippen molar-refractivity contribution in [1.82, 2.24) is 0 Å². The molecule has 0 N–H and O–H groups in total. The van der Waals surface area contributed by atoms with E-state index in [0.717, 1.165) is 0 Å². The molecule has 1 nitrogen and oxygen atoms in total. The molecule has 1 aromatic rings. The van der Waals surface area contributed by atoms with Gasteiger partial charge < -0.3 is 17.0 Å². The van der Waals surface area contributed by atoms with Gasteiger partial charge in [0, 0.05) is 6.92 Å². The first-order valence-corrected chi connectivity index (χ1v) is 4.85. The number of hydrogen-bond donors (Lipinski definition) is 0. The van der Waals surface area contributed by atoms with E-state index in [1.807, 2.05) is 23.1 Å². The lowest BCUT2D eigenvalue weighted by Crippen LogP contribution is -3.00. The van der Waals surface area contributed by atoms with Crippen LogP contribution in [0.25, 0.3) is 0 Å². The normalized spacial score (nSPS) is 14.5. The SMILES string of the molecule is Cc1csc2[n+]1CCS2.[Br-]. The summed E-state index contributed by atoms with van der Waals surface area (Å²) in [6.07, 6.45) is 0. The van der Waals surface area contributed by atoms with Crippen LogP contribution in [0, 0.1) is 6.92 Å². The lowest BCUT2D eigenvalue weighted by Gasteiger charge is -1.81. The topological polar surface area (TPSA) is 3.88 Å². The molecule has 0 saturated carbocycles. The Bertz CT molecular complexity index is 234. The molecule has 0 bridgehead atoms. The van der Waals surface area contributed by atoms with Crippen LogP contribution >= 0.6 is 23.1 Å². The fourth-order valence-electron chi connectivity index (χ4n) is 1.01. The zero-order valence-electron chi connectivity index (χ0n) is 5.63. The highest BCUT2D eigenvalue weighted by Crippen LogP contribution is 2.24. The first-order chi connectivity index (χ1) is 4.38. The molecule has 0 amide bonds. The maximum Gasteiger partial charge on any atom is 0.297 e. The number of thiazole rings is 1. The van der Waals surface area contributed by atoms with Gasteiger partial charge in [0.15, 0.2) is 12.2 Å². The Morgan fingerprint density at radius 2 is 2.40 bits per heavy atom. The van der Waals surface area contributed by atoms with Gasteiger partial charge in [0.1, 0.15) is 0 Å². The van der Waals surface area contributed by atoms with Crippen LogP contribution in [0.5, 0.6) is 0 Å². The average Bonchev–Trinajstić information content (AvgIpc) is 2.35. The molecule has 0 aromatic carbocycles. The standard InChI is InChI=1S/C6H8NS2.BrH/c1-5-4-9-6-7(5)2-3-8-6;/h4H,2-3H2,1H3;1H/q+1;/p-1. The Morgan fingerprint density at radius 3 is 3.10 bits per heavy atom. The minimum Gasteiger partial charge on any atom is -1.00 e. The number of aryl methyl sites for hydroxylation is 1. The minimum absolute atomic E-state index is 0. The number of nitrogens with zero attached hydrogens (tertiary/aromatic N) is 1. The van der Waals surface area contributed by atoms with Gasteiger partial charge in [0.25, 0.3) is 4.34 Å². The number of hydrogen-bond acceptors (Lipinski definition) is 2. The predicted octanol–water partition coefficient (Wildman–Crippen LogP) is -1.55. The van der Waals surface area contributed by atoms with Crippen LogP contribution in [0.1, 0.15) is 5.69 Å². The van der Waals surface area contributed by atoms with Gasteiger partial charge in [-0.05, 0) is 11.8 Å². The number of halogens is 1. The Morgan fingerprint density at radius 1 is 1.60 bits per heavy atom. The third kappa shape index (κ3) is 1.24. The monoisotopic (exact) mass is 237 g/mol. The van der Waals surface area contributed by atoms with E-state index in [1.165, 1.54) is 22.3 Å². The van der Waals surface area contributed by atoms with Crippen LogP contribution < -0.4 is 21.5 Å². The molecule has 0 radical (unpaired) electrons. The minimum atomic E-state index is 0. The van der Waals surface area contributed by atoms with Gasteiger partial charge in [-0.1, -0.05) is 11.3 Å². The smallest absolute Gasteiger partial charge is 0.297 e. The van der Waals surface area contributed by atoms with Gasteiger partial charge >= 0.3 is 0 Å².